The fraction of sp³-hybridized carbons (Fsp3) is 0.375. The summed E-state index contributed by atoms with van der Waals surface area (Å²) >= 11 is 5.94. The third-order valence-corrected chi connectivity index (χ3v) is 3.27. The number of ether oxygens (including phenoxy) is 1. The topological polar surface area (TPSA) is 47.0 Å². The molecule has 0 unspecified atom stereocenters. The van der Waals surface area contributed by atoms with E-state index in [1.54, 1.807) is 18.5 Å². The van der Waals surface area contributed by atoms with Gasteiger partial charge in [-0.2, -0.15) is 0 Å². The van der Waals surface area contributed by atoms with Gasteiger partial charge in [0.1, 0.15) is 5.75 Å². The predicted octanol–water partition coefficient (Wildman–Crippen LogP) is 4.04. The number of rotatable bonds is 6. The molecule has 0 aliphatic rings. The Morgan fingerprint density at radius 1 is 1.24 bits per heavy atom. The first kappa shape index (κ1) is 15.7. The molecule has 0 radical (unpaired) electrons. The summed E-state index contributed by atoms with van der Waals surface area (Å²) in [4.78, 5) is 8.53. The molecule has 0 bridgehead atoms. The van der Waals surface area contributed by atoms with E-state index in [4.69, 9.17) is 16.3 Å². The molecule has 4 nitrogen and oxygen atoms in total. The Kier molecular flexibility index (Phi) is 5.53. The Hall–Kier alpha value is -1.65. The molecule has 1 N–H and O–H groups in total. The number of hydrogen-bond donors (Lipinski definition) is 1. The minimum absolute atomic E-state index is 0.544. The molecule has 2 aromatic rings. The highest BCUT2D eigenvalue weighted by molar-refractivity contribution is 6.30. The Balaban J connectivity index is 2.27. The van der Waals surface area contributed by atoms with Gasteiger partial charge in [-0.25, -0.2) is 4.98 Å². The summed E-state index contributed by atoms with van der Waals surface area (Å²) < 4.78 is 5.88. The number of aryl methyl sites for hydroxylation is 2. The summed E-state index contributed by atoms with van der Waals surface area (Å²) in [5, 5.41) is 3.93. The van der Waals surface area contributed by atoms with Crippen molar-refractivity contribution in [3.63, 3.8) is 0 Å². The summed E-state index contributed by atoms with van der Waals surface area (Å²) in [6.45, 7) is 7.87. The van der Waals surface area contributed by atoms with Gasteiger partial charge in [-0.1, -0.05) is 18.5 Å². The predicted molar refractivity (Wildman–Crippen MR) is 85.0 cm³/mol. The third kappa shape index (κ3) is 4.41. The molecular weight excluding hydrogens is 286 g/mol. The van der Waals surface area contributed by atoms with Crippen molar-refractivity contribution in [3.05, 3.63) is 46.4 Å². The molecule has 0 aliphatic heterocycles. The first-order valence-electron chi connectivity index (χ1n) is 7.06. The van der Waals surface area contributed by atoms with E-state index in [9.17, 15) is 0 Å². The normalized spacial score (nSPS) is 10.7. The minimum Gasteiger partial charge on any atom is -0.437 e. The van der Waals surface area contributed by atoms with Gasteiger partial charge in [0.15, 0.2) is 0 Å². The summed E-state index contributed by atoms with van der Waals surface area (Å²) in [6, 6.07) is 3.79. The molecule has 2 heterocycles. The van der Waals surface area contributed by atoms with Gasteiger partial charge in [0.05, 0.1) is 11.2 Å². The maximum atomic E-state index is 5.94. The van der Waals surface area contributed by atoms with Crippen LogP contribution in [-0.2, 0) is 6.54 Å². The molecule has 2 aromatic heterocycles. The van der Waals surface area contributed by atoms with Crippen LogP contribution in [-0.4, -0.2) is 16.5 Å². The Bertz CT molecular complexity index is 616. The summed E-state index contributed by atoms with van der Waals surface area (Å²) in [5.41, 5.74) is 3.15. The molecule has 0 aliphatic carbocycles. The molecule has 2 rings (SSSR count). The second-order valence-electron chi connectivity index (χ2n) is 4.98. The molecule has 21 heavy (non-hydrogen) atoms. The van der Waals surface area contributed by atoms with Crippen LogP contribution in [0.15, 0.2) is 24.5 Å². The van der Waals surface area contributed by atoms with Gasteiger partial charge in [0, 0.05) is 30.1 Å². The van der Waals surface area contributed by atoms with E-state index in [2.05, 4.69) is 35.2 Å². The van der Waals surface area contributed by atoms with Crippen molar-refractivity contribution in [2.24, 2.45) is 0 Å². The maximum absolute atomic E-state index is 5.94. The molecule has 0 amide bonds. The number of hydrogen-bond acceptors (Lipinski definition) is 4. The molecular formula is C16H20ClN3O. The molecule has 112 valence electrons. The first-order valence-corrected chi connectivity index (χ1v) is 7.44. The van der Waals surface area contributed by atoms with Crippen LogP contribution >= 0.6 is 11.6 Å². The fourth-order valence-electron chi connectivity index (χ4n) is 2.08. The average Bonchev–Trinajstić information content (AvgIpc) is 2.42. The Morgan fingerprint density at radius 2 is 2.05 bits per heavy atom. The van der Waals surface area contributed by atoms with Gasteiger partial charge >= 0.3 is 0 Å². The second kappa shape index (κ2) is 7.38. The van der Waals surface area contributed by atoms with Crippen LogP contribution in [0.5, 0.6) is 11.6 Å². The summed E-state index contributed by atoms with van der Waals surface area (Å²) in [5.74, 6) is 1.21. The zero-order valence-corrected chi connectivity index (χ0v) is 13.4. The van der Waals surface area contributed by atoms with Crippen LogP contribution in [0.4, 0.5) is 0 Å². The van der Waals surface area contributed by atoms with Crippen molar-refractivity contribution in [3.8, 4) is 11.6 Å². The lowest BCUT2D eigenvalue weighted by Crippen LogP contribution is -2.16. The maximum Gasteiger partial charge on any atom is 0.224 e. The third-order valence-electron chi connectivity index (χ3n) is 3.06. The van der Waals surface area contributed by atoms with Crippen LogP contribution in [0.2, 0.25) is 5.02 Å². The van der Waals surface area contributed by atoms with Crippen molar-refractivity contribution in [1.82, 2.24) is 15.3 Å². The smallest absolute Gasteiger partial charge is 0.224 e. The monoisotopic (exact) mass is 305 g/mol. The fourth-order valence-corrected chi connectivity index (χ4v) is 2.24. The Labute approximate surface area is 130 Å². The van der Waals surface area contributed by atoms with Gasteiger partial charge in [-0.3, -0.25) is 4.98 Å². The van der Waals surface area contributed by atoms with Crippen molar-refractivity contribution in [1.29, 1.82) is 0 Å². The zero-order chi connectivity index (χ0) is 15.2. The van der Waals surface area contributed by atoms with E-state index in [1.165, 1.54) is 0 Å². The van der Waals surface area contributed by atoms with Crippen molar-refractivity contribution in [2.45, 2.75) is 33.7 Å². The van der Waals surface area contributed by atoms with Gasteiger partial charge in [0.25, 0.3) is 0 Å². The quantitative estimate of drug-likeness (QED) is 0.818. The van der Waals surface area contributed by atoms with E-state index >= 15 is 0 Å². The largest absolute Gasteiger partial charge is 0.437 e. The highest BCUT2D eigenvalue weighted by Crippen LogP contribution is 2.27. The number of pyridine rings is 2. The second-order valence-corrected chi connectivity index (χ2v) is 5.42. The molecule has 0 aromatic carbocycles. The lowest BCUT2D eigenvalue weighted by atomic mass is 10.1. The van der Waals surface area contributed by atoms with Crippen LogP contribution in [0.3, 0.4) is 0 Å². The molecule has 0 saturated heterocycles. The standard InChI is InChI=1S/C16H20ClN3O/c1-4-5-18-10-15-11(2)6-12(3)20-16(15)21-14-7-13(17)8-19-9-14/h6-9,18H,4-5,10H2,1-3H3. The van der Waals surface area contributed by atoms with Crippen LogP contribution in [0.25, 0.3) is 0 Å². The van der Waals surface area contributed by atoms with Crippen molar-refractivity contribution in [2.75, 3.05) is 6.54 Å². The lowest BCUT2D eigenvalue weighted by molar-refractivity contribution is 0.448. The van der Waals surface area contributed by atoms with E-state index in [0.29, 0.717) is 16.7 Å². The van der Waals surface area contributed by atoms with Gasteiger partial charge in [0.2, 0.25) is 5.88 Å². The van der Waals surface area contributed by atoms with Crippen LogP contribution in [0, 0.1) is 13.8 Å². The first-order chi connectivity index (χ1) is 10.1. The molecule has 5 heteroatoms. The minimum atomic E-state index is 0.544. The Morgan fingerprint density at radius 3 is 2.76 bits per heavy atom. The van der Waals surface area contributed by atoms with E-state index < -0.39 is 0 Å². The van der Waals surface area contributed by atoms with Crippen molar-refractivity contribution < 1.29 is 4.74 Å². The van der Waals surface area contributed by atoms with Gasteiger partial charge in [-0.15, -0.1) is 0 Å². The van der Waals surface area contributed by atoms with Crippen LogP contribution < -0.4 is 10.1 Å². The lowest BCUT2D eigenvalue weighted by Gasteiger charge is -2.14. The number of aromatic nitrogens is 2. The highest BCUT2D eigenvalue weighted by atomic mass is 35.5. The summed E-state index contributed by atoms with van der Waals surface area (Å²) in [7, 11) is 0. The SMILES string of the molecule is CCCNCc1c(C)cc(C)nc1Oc1cncc(Cl)c1. The number of nitrogens with one attached hydrogen (secondary N) is 1. The van der Waals surface area contributed by atoms with Crippen molar-refractivity contribution >= 4 is 11.6 Å². The molecule has 0 spiro atoms. The molecule has 0 saturated carbocycles. The van der Waals surface area contributed by atoms with Gasteiger partial charge in [-0.05, 0) is 38.4 Å². The highest BCUT2D eigenvalue weighted by Gasteiger charge is 2.11. The van der Waals surface area contributed by atoms with E-state index in [0.717, 1.165) is 36.3 Å². The van der Waals surface area contributed by atoms with E-state index in [1.807, 2.05) is 6.92 Å². The molecule has 0 atom stereocenters. The van der Waals surface area contributed by atoms with Crippen LogP contribution in [0.1, 0.15) is 30.2 Å². The number of halogens is 1. The summed E-state index contributed by atoms with van der Waals surface area (Å²) in [6.07, 6.45) is 4.30. The molecule has 0 fully saturated rings. The van der Waals surface area contributed by atoms with Gasteiger partial charge < -0.3 is 10.1 Å². The average molecular weight is 306 g/mol. The van der Waals surface area contributed by atoms with E-state index in [-0.39, 0.29) is 0 Å². The zero-order valence-electron chi connectivity index (χ0n) is 12.6. The number of nitrogens with zero attached hydrogens (tertiary/aromatic N) is 2.